The van der Waals surface area contributed by atoms with Crippen LogP contribution in [0.5, 0.6) is 0 Å². The van der Waals surface area contributed by atoms with Crippen molar-refractivity contribution in [1.82, 2.24) is 0 Å². The molecular formula is C17H24O6. The summed E-state index contributed by atoms with van der Waals surface area (Å²) < 4.78 is 10.0. The van der Waals surface area contributed by atoms with Crippen molar-refractivity contribution in [3.63, 3.8) is 0 Å². The van der Waals surface area contributed by atoms with E-state index in [1.165, 1.54) is 0 Å². The Hall–Kier alpha value is -1.72. The van der Waals surface area contributed by atoms with Crippen molar-refractivity contribution < 1.29 is 28.7 Å². The van der Waals surface area contributed by atoms with Crippen LogP contribution in [0.15, 0.2) is 0 Å². The summed E-state index contributed by atoms with van der Waals surface area (Å²) in [4.78, 5) is 47.3. The summed E-state index contributed by atoms with van der Waals surface area (Å²) in [5, 5.41) is 0. The smallest absolute Gasteiger partial charge is 0.309 e. The largest absolute Gasteiger partial charge is 0.465 e. The number of carbonyl (C=O) groups is 4. The number of esters is 2. The van der Waals surface area contributed by atoms with Crippen LogP contribution in [0.4, 0.5) is 0 Å². The zero-order chi connectivity index (χ0) is 16.8. The van der Waals surface area contributed by atoms with Gasteiger partial charge >= 0.3 is 11.9 Å². The second kappa shape index (κ2) is 8.22. The molecule has 2 saturated heterocycles. The summed E-state index contributed by atoms with van der Waals surface area (Å²) >= 11 is 0. The molecule has 0 saturated carbocycles. The lowest BCUT2D eigenvalue weighted by Crippen LogP contribution is -2.31. The summed E-state index contributed by atoms with van der Waals surface area (Å²) in [6, 6.07) is 0. The topological polar surface area (TPSA) is 86.7 Å². The predicted octanol–water partition coefficient (Wildman–Crippen LogP) is 1.84. The first kappa shape index (κ1) is 17.6. The van der Waals surface area contributed by atoms with E-state index in [1.54, 1.807) is 6.92 Å². The molecule has 2 aliphatic rings. The number of ketones is 2. The third-order valence-corrected chi connectivity index (χ3v) is 4.75. The number of carbonyl (C=O) groups excluding carboxylic acids is 4. The van der Waals surface area contributed by atoms with Crippen LogP contribution in [0, 0.1) is 17.8 Å². The Bertz CT molecular complexity index is 457. The van der Waals surface area contributed by atoms with Gasteiger partial charge in [0, 0.05) is 25.7 Å². The highest BCUT2D eigenvalue weighted by Gasteiger charge is 2.44. The van der Waals surface area contributed by atoms with Crippen LogP contribution in [0.1, 0.15) is 51.9 Å². The summed E-state index contributed by atoms with van der Waals surface area (Å²) in [7, 11) is 0. The Morgan fingerprint density at radius 1 is 1.00 bits per heavy atom. The monoisotopic (exact) mass is 324 g/mol. The number of rotatable bonds is 9. The van der Waals surface area contributed by atoms with Crippen molar-refractivity contribution >= 4 is 23.5 Å². The molecule has 2 rings (SSSR count). The van der Waals surface area contributed by atoms with Gasteiger partial charge in [0.25, 0.3) is 0 Å². The molecule has 0 amide bonds. The molecule has 0 aromatic rings. The van der Waals surface area contributed by atoms with Gasteiger partial charge in [-0.25, -0.2) is 0 Å². The number of cyclic esters (lactones) is 2. The number of hydrogen-bond donors (Lipinski definition) is 0. The molecule has 0 radical (unpaired) electrons. The van der Waals surface area contributed by atoms with Gasteiger partial charge in [-0.3, -0.25) is 19.2 Å². The van der Waals surface area contributed by atoms with E-state index in [0.29, 0.717) is 51.7 Å². The lowest BCUT2D eigenvalue weighted by molar-refractivity contribution is -0.146. The van der Waals surface area contributed by atoms with Gasteiger partial charge in [-0.1, -0.05) is 6.92 Å². The maximum Gasteiger partial charge on any atom is 0.309 e. The summed E-state index contributed by atoms with van der Waals surface area (Å²) in [6.07, 6.45) is 3.01. The van der Waals surface area contributed by atoms with E-state index < -0.39 is 11.8 Å². The van der Waals surface area contributed by atoms with E-state index in [1.807, 2.05) is 0 Å². The van der Waals surface area contributed by atoms with Crippen molar-refractivity contribution in [2.24, 2.45) is 17.8 Å². The van der Waals surface area contributed by atoms with Gasteiger partial charge in [-0.2, -0.15) is 0 Å². The molecule has 2 heterocycles. The van der Waals surface area contributed by atoms with Crippen LogP contribution >= 0.6 is 0 Å². The van der Waals surface area contributed by atoms with Gasteiger partial charge in [-0.05, 0) is 25.2 Å². The molecule has 2 unspecified atom stereocenters. The quantitative estimate of drug-likeness (QED) is 0.601. The van der Waals surface area contributed by atoms with Gasteiger partial charge in [0.05, 0.1) is 25.0 Å². The highest BCUT2D eigenvalue weighted by molar-refractivity contribution is 5.84. The molecular weight excluding hydrogens is 300 g/mol. The minimum Gasteiger partial charge on any atom is -0.465 e. The van der Waals surface area contributed by atoms with E-state index in [-0.39, 0.29) is 35.8 Å². The van der Waals surface area contributed by atoms with E-state index >= 15 is 0 Å². The van der Waals surface area contributed by atoms with E-state index in [2.05, 4.69) is 0 Å². The first-order valence-electron chi connectivity index (χ1n) is 8.39. The molecule has 0 aromatic heterocycles. The molecule has 0 spiro atoms. The Kier molecular flexibility index (Phi) is 6.30. The Labute approximate surface area is 135 Å². The SMILES string of the molecule is CCC(=O)CCCC(=O)CC(C1CCOC1=O)C1CCOC1=O. The van der Waals surface area contributed by atoms with Crippen LogP contribution in [0.3, 0.4) is 0 Å². The Balaban J connectivity index is 1.94. The fourth-order valence-electron chi connectivity index (χ4n) is 3.39. The van der Waals surface area contributed by atoms with Crippen LogP contribution in [0.25, 0.3) is 0 Å². The lowest BCUT2D eigenvalue weighted by Gasteiger charge is -2.23. The standard InChI is InChI=1S/C17H24O6/c1-2-11(18)4-3-5-12(19)10-15(13-6-8-22-16(13)20)14-7-9-23-17(14)21/h13-15H,2-10H2,1H3. The van der Waals surface area contributed by atoms with Gasteiger partial charge in [0.15, 0.2) is 0 Å². The Morgan fingerprint density at radius 3 is 1.96 bits per heavy atom. The summed E-state index contributed by atoms with van der Waals surface area (Å²) in [5.74, 6) is -1.62. The minimum atomic E-state index is -0.396. The minimum absolute atomic E-state index is 0.00157. The van der Waals surface area contributed by atoms with Crippen molar-refractivity contribution in [2.45, 2.75) is 51.9 Å². The van der Waals surface area contributed by atoms with Crippen molar-refractivity contribution in [3.8, 4) is 0 Å². The summed E-state index contributed by atoms with van der Waals surface area (Å²) in [5.41, 5.74) is 0. The van der Waals surface area contributed by atoms with Gasteiger partial charge in [-0.15, -0.1) is 0 Å². The van der Waals surface area contributed by atoms with E-state index in [0.717, 1.165) is 0 Å². The molecule has 23 heavy (non-hydrogen) atoms. The molecule has 128 valence electrons. The molecule has 0 bridgehead atoms. The van der Waals surface area contributed by atoms with E-state index in [9.17, 15) is 19.2 Å². The fourth-order valence-corrected chi connectivity index (χ4v) is 3.39. The van der Waals surface area contributed by atoms with Crippen LogP contribution in [-0.4, -0.2) is 36.7 Å². The lowest BCUT2D eigenvalue weighted by atomic mass is 9.76. The van der Waals surface area contributed by atoms with Gasteiger partial charge in [0.2, 0.25) is 0 Å². The number of ether oxygens (including phenoxy) is 2. The maximum atomic E-state index is 12.2. The summed E-state index contributed by atoms with van der Waals surface area (Å²) in [6.45, 7) is 2.50. The van der Waals surface area contributed by atoms with Crippen LogP contribution < -0.4 is 0 Å². The van der Waals surface area contributed by atoms with Gasteiger partial charge < -0.3 is 9.47 Å². The average Bonchev–Trinajstić information content (AvgIpc) is 3.13. The zero-order valence-corrected chi connectivity index (χ0v) is 13.5. The molecule has 6 heteroatoms. The van der Waals surface area contributed by atoms with Crippen LogP contribution in [-0.2, 0) is 28.7 Å². The zero-order valence-electron chi connectivity index (χ0n) is 13.5. The predicted molar refractivity (Wildman–Crippen MR) is 80.4 cm³/mol. The molecule has 2 atom stereocenters. The third kappa shape index (κ3) is 4.62. The second-order valence-electron chi connectivity index (χ2n) is 6.28. The molecule has 2 fully saturated rings. The third-order valence-electron chi connectivity index (χ3n) is 4.75. The van der Waals surface area contributed by atoms with Crippen molar-refractivity contribution in [1.29, 1.82) is 0 Å². The molecule has 0 aromatic carbocycles. The normalized spacial score (nSPS) is 25.1. The first-order chi connectivity index (χ1) is 11.0. The number of hydrogen-bond acceptors (Lipinski definition) is 6. The maximum absolute atomic E-state index is 12.2. The second-order valence-corrected chi connectivity index (χ2v) is 6.28. The fraction of sp³-hybridized carbons (Fsp3) is 0.765. The molecule has 6 nitrogen and oxygen atoms in total. The van der Waals surface area contributed by atoms with Gasteiger partial charge in [0.1, 0.15) is 11.6 Å². The van der Waals surface area contributed by atoms with E-state index in [4.69, 9.17) is 9.47 Å². The highest BCUT2D eigenvalue weighted by atomic mass is 16.5. The van der Waals surface area contributed by atoms with Crippen molar-refractivity contribution in [3.05, 3.63) is 0 Å². The Morgan fingerprint density at radius 2 is 1.52 bits per heavy atom. The molecule has 2 aliphatic heterocycles. The highest BCUT2D eigenvalue weighted by Crippen LogP contribution is 2.37. The number of Topliss-reactive ketones (excluding diaryl/α,β-unsaturated/α-hetero) is 2. The van der Waals surface area contributed by atoms with Crippen molar-refractivity contribution in [2.75, 3.05) is 13.2 Å². The molecule has 0 aliphatic carbocycles. The van der Waals surface area contributed by atoms with Crippen LogP contribution in [0.2, 0.25) is 0 Å². The molecule has 0 N–H and O–H groups in total. The first-order valence-corrected chi connectivity index (χ1v) is 8.39. The average molecular weight is 324 g/mol.